The molecule has 1 unspecified atom stereocenters. The number of aliphatic carboxylic acids is 1. The van der Waals surface area contributed by atoms with Gasteiger partial charge in [-0.15, -0.1) is 0 Å². The summed E-state index contributed by atoms with van der Waals surface area (Å²) in [5.74, 6) is 0.892. The maximum Gasteiger partial charge on any atom is 0.303 e. The van der Waals surface area contributed by atoms with Crippen LogP contribution in [0.5, 0.6) is 0 Å². The minimum Gasteiger partial charge on any atom is -0.481 e. The van der Waals surface area contributed by atoms with Crippen LogP contribution in [0, 0.1) is 18.8 Å². The molecule has 1 heterocycles. The van der Waals surface area contributed by atoms with Crippen molar-refractivity contribution in [3.05, 3.63) is 48.0 Å². The molecule has 1 fully saturated rings. The van der Waals surface area contributed by atoms with Crippen LogP contribution in [-0.4, -0.2) is 27.4 Å². The Morgan fingerprint density at radius 3 is 2.84 bits per heavy atom. The highest BCUT2D eigenvalue weighted by molar-refractivity contribution is 5.66. The summed E-state index contributed by atoms with van der Waals surface area (Å²) >= 11 is 0. The molecule has 0 aliphatic heterocycles. The maximum absolute atomic E-state index is 10.5. The van der Waals surface area contributed by atoms with Crippen LogP contribution in [0.25, 0.3) is 0 Å². The standard InChI is InChI=1S/C20H28O5/c1-14-8-13-19(25-14)18(22)12-10-15-9-11-17(21)16(15)6-4-2-3-5-7-20(23)24/h2,4,8,10,12-13,15-18,21-22H,3,5-7,9,11H2,1H3,(H,23,24)/t15-,16+,17+,18?/m0/s1. The second-order valence-corrected chi connectivity index (χ2v) is 6.74. The second-order valence-electron chi connectivity index (χ2n) is 6.74. The molecule has 1 aliphatic carbocycles. The number of hydrogen-bond donors (Lipinski definition) is 3. The highest BCUT2D eigenvalue weighted by atomic mass is 16.4. The average molecular weight is 348 g/mol. The van der Waals surface area contributed by atoms with Gasteiger partial charge in [0.15, 0.2) is 0 Å². The number of allylic oxidation sites excluding steroid dienone is 3. The van der Waals surface area contributed by atoms with Crippen molar-refractivity contribution < 1.29 is 24.5 Å². The van der Waals surface area contributed by atoms with Crippen LogP contribution < -0.4 is 0 Å². The number of aliphatic hydroxyl groups is 2. The number of unbranched alkanes of at least 4 members (excludes halogenated alkanes) is 1. The van der Waals surface area contributed by atoms with Gasteiger partial charge in [0.1, 0.15) is 17.6 Å². The summed E-state index contributed by atoms with van der Waals surface area (Å²) in [5.41, 5.74) is 0. The first-order valence-corrected chi connectivity index (χ1v) is 8.95. The molecule has 0 saturated heterocycles. The van der Waals surface area contributed by atoms with E-state index in [0.29, 0.717) is 12.2 Å². The lowest BCUT2D eigenvalue weighted by atomic mass is 9.90. The van der Waals surface area contributed by atoms with Crippen LogP contribution >= 0.6 is 0 Å². The van der Waals surface area contributed by atoms with Gasteiger partial charge in [0.25, 0.3) is 0 Å². The summed E-state index contributed by atoms with van der Waals surface area (Å²) in [5, 5.41) is 29.0. The van der Waals surface area contributed by atoms with Gasteiger partial charge in [-0.25, -0.2) is 0 Å². The lowest BCUT2D eigenvalue weighted by molar-refractivity contribution is -0.137. The van der Waals surface area contributed by atoms with E-state index in [9.17, 15) is 15.0 Å². The van der Waals surface area contributed by atoms with E-state index in [1.54, 1.807) is 12.1 Å². The van der Waals surface area contributed by atoms with Crippen molar-refractivity contribution in [2.24, 2.45) is 11.8 Å². The number of aliphatic hydroxyl groups excluding tert-OH is 2. The zero-order valence-electron chi connectivity index (χ0n) is 14.7. The number of carboxylic acids is 1. The molecule has 5 nitrogen and oxygen atoms in total. The number of rotatable bonds is 9. The van der Waals surface area contributed by atoms with Gasteiger partial charge >= 0.3 is 5.97 Å². The molecule has 0 spiro atoms. The van der Waals surface area contributed by atoms with Gasteiger partial charge in [0.05, 0.1) is 6.10 Å². The first kappa shape index (κ1) is 19.5. The first-order chi connectivity index (χ1) is 12.0. The molecule has 2 rings (SSSR count). The molecule has 4 atom stereocenters. The highest BCUT2D eigenvalue weighted by Gasteiger charge is 2.32. The van der Waals surface area contributed by atoms with E-state index in [1.165, 1.54) is 0 Å². The van der Waals surface area contributed by atoms with E-state index in [1.807, 2.05) is 31.2 Å². The van der Waals surface area contributed by atoms with Crippen molar-refractivity contribution in [2.45, 2.75) is 57.7 Å². The fourth-order valence-electron chi connectivity index (χ4n) is 3.35. The van der Waals surface area contributed by atoms with Crippen molar-refractivity contribution in [1.29, 1.82) is 0 Å². The van der Waals surface area contributed by atoms with Gasteiger partial charge in [-0.3, -0.25) is 4.79 Å². The van der Waals surface area contributed by atoms with Gasteiger partial charge in [-0.05, 0) is 63.0 Å². The zero-order chi connectivity index (χ0) is 18.2. The van der Waals surface area contributed by atoms with Gasteiger partial charge < -0.3 is 19.7 Å². The Hall–Kier alpha value is -1.85. The van der Waals surface area contributed by atoms with Crippen LogP contribution in [0.1, 0.15) is 56.1 Å². The zero-order valence-corrected chi connectivity index (χ0v) is 14.7. The van der Waals surface area contributed by atoms with Crippen molar-refractivity contribution in [3.8, 4) is 0 Å². The van der Waals surface area contributed by atoms with Crippen molar-refractivity contribution in [3.63, 3.8) is 0 Å². The summed E-state index contributed by atoms with van der Waals surface area (Å²) in [6.45, 7) is 1.84. The quantitative estimate of drug-likeness (QED) is 0.467. The summed E-state index contributed by atoms with van der Waals surface area (Å²) in [7, 11) is 0. The predicted octanol–water partition coefficient (Wildman–Crippen LogP) is 3.77. The van der Waals surface area contributed by atoms with Crippen LogP contribution in [0.3, 0.4) is 0 Å². The number of hydrogen-bond acceptors (Lipinski definition) is 4. The fourth-order valence-corrected chi connectivity index (χ4v) is 3.35. The predicted molar refractivity (Wildman–Crippen MR) is 95.0 cm³/mol. The maximum atomic E-state index is 10.5. The topological polar surface area (TPSA) is 90.9 Å². The Balaban J connectivity index is 1.83. The number of aryl methyl sites for hydroxylation is 1. The van der Waals surface area contributed by atoms with Gasteiger partial charge in [-0.2, -0.15) is 0 Å². The van der Waals surface area contributed by atoms with Crippen LogP contribution in [0.15, 0.2) is 40.9 Å². The minimum absolute atomic E-state index is 0.137. The molecule has 138 valence electrons. The molecule has 1 aliphatic rings. The van der Waals surface area contributed by atoms with Crippen molar-refractivity contribution >= 4 is 5.97 Å². The summed E-state index contributed by atoms with van der Waals surface area (Å²) in [4.78, 5) is 10.5. The summed E-state index contributed by atoms with van der Waals surface area (Å²) in [6.07, 6.45) is 10.7. The Kier molecular flexibility index (Phi) is 7.47. The fraction of sp³-hybridized carbons (Fsp3) is 0.550. The molecular formula is C20H28O5. The van der Waals surface area contributed by atoms with Crippen molar-refractivity contribution in [1.82, 2.24) is 0 Å². The minimum atomic E-state index is -0.768. The molecule has 3 N–H and O–H groups in total. The highest BCUT2D eigenvalue weighted by Crippen LogP contribution is 2.36. The molecule has 1 aromatic heterocycles. The first-order valence-electron chi connectivity index (χ1n) is 8.95. The third-order valence-electron chi connectivity index (χ3n) is 4.77. The number of carbonyl (C=O) groups is 1. The lowest BCUT2D eigenvalue weighted by Gasteiger charge is -2.18. The molecule has 0 bridgehead atoms. The van der Waals surface area contributed by atoms with E-state index in [2.05, 4.69) is 0 Å². The van der Waals surface area contributed by atoms with Crippen LogP contribution in [-0.2, 0) is 4.79 Å². The molecular weight excluding hydrogens is 320 g/mol. The molecule has 1 aromatic rings. The van der Waals surface area contributed by atoms with Crippen molar-refractivity contribution in [2.75, 3.05) is 0 Å². The largest absolute Gasteiger partial charge is 0.481 e. The normalized spacial score (nSPS) is 25.2. The number of carboxylic acid groups (broad SMARTS) is 1. The van der Waals surface area contributed by atoms with E-state index >= 15 is 0 Å². The Bertz CT molecular complexity index is 601. The molecule has 0 radical (unpaired) electrons. The third kappa shape index (κ3) is 6.18. The lowest BCUT2D eigenvalue weighted by Crippen LogP contribution is -2.17. The molecule has 5 heteroatoms. The molecule has 0 amide bonds. The smallest absolute Gasteiger partial charge is 0.303 e. The third-order valence-corrected chi connectivity index (χ3v) is 4.77. The van der Waals surface area contributed by atoms with E-state index < -0.39 is 12.1 Å². The SMILES string of the molecule is Cc1ccc(C(O)C=C[C@@H]2CC[C@@H](O)[C@@H]2CC=CCCCC(=O)O)o1. The molecule has 25 heavy (non-hydrogen) atoms. The molecule has 0 aromatic carbocycles. The monoisotopic (exact) mass is 348 g/mol. The Labute approximate surface area is 148 Å². The second kappa shape index (κ2) is 9.59. The van der Waals surface area contributed by atoms with Crippen LogP contribution in [0.2, 0.25) is 0 Å². The average Bonchev–Trinajstić information content (AvgIpc) is 3.15. The van der Waals surface area contributed by atoms with E-state index in [-0.39, 0.29) is 24.4 Å². The van der Waals surface area contributed by atoms with Gasteiger partial charge in [0.2, 0.25) is 0 Å². The van der Waals surface area contributed by atoms with Crippen LogP contribution in [0.4, 0.5) is 0 Å². The number of furan rings is 1. The summed E-state index contributed by atoms with van der Waals surface area (Å²) in [6, 6.07) is 3.59. The summed E-state index contributed by atoms with van der Waals surface area (Å²) < 4.78 is 5.42. The molecule has 1 saturated carbocycles. The van der Waals surface area contributed by atoms with Gasteiger partial charge in [0, 0.05) is 6.42 Å². The van der Waals surface area contributed by atoms with Gasteiger partial charge in [-0.1, -0.05) is 24.3 Å². The van der Waals surface area contributed by atoms with E-state index in [0.717, 1.165) is 31.4 Å². The van der Waals surface area contributed by atoms with E-state index in [4.69, 9.17) is 9.52 Å². The Morgan fingerprint density at radius 2 is 2.16 bits per heavy atom. The Morgan fingerprint density at radius 1 is 1.36 bits per heavy atom.